The van der Waals surface area contributed by atoms with Gasteiger partial charge in [0.15, 0.2) is 6.10 Å². The zero-order valence-corrected chi connectivity index (χ0v) is 35.2. The second-order valence-corrected chi connectivity index (χ2v) is 18.7. The summed E-state index contributed by atoms with van der Waals surface area (Å²) in [7, 11) is 6.33. The summed E-state index contributed by atoms with van der Waals surface area (Å²) in [6.45, 7) is 7.65. The van der Waals surface area contributed by atoms with Crippen molar-refractivity contribution in [3.05, 3.63) is 70.9 Å². The number of aliphatic hydroxyl groups is 1. The van der Waals surface area contributed by atoms with Crippen molar-refractivity contribution in [3.63, 3.8) is 0 Å². The van der Waals surface area contributed by atoms with Gasteiger partial charge in [0.1, 0.15) is 11.2 Å². The van der Waals surface area contributed by atoms with E-state index >= 15 is 4.79 Å². The molecule has 1 unspecified atom stereocenters. The highest BCUT2D eigenvalue weighted by atomic mass is 16.6. The topological polar surface area (TPSA) is 134 Å². The fourth-order valence-electron chi connectivity index (χ4n) is 14.6. The first-order valence-corrected chi connectivity index (χ1v) is 21.7. The van der Waals surface area contributed by atoms with Gasteiger partial charge >= 0.3 is 17.9 Å². The first-order chi connectivity index (χ1) is 28.4. The molecule has 12 nitrogen and oxygen atoms in total. The molecular weight excluding hydrogens is 749 g/mol. The Balaban J connectivity index is 1.28. The van der Waals surface area contributed by atoms with Crippen molar-refractivity contribution in [2.24, 2.45) is 23.2 Å². The van der Waals surface area contributed by atoms with E-state index in [1.165, 1.54) is 34.0 Å². The molecule has 2 saturated heterocycles. The van der Waals surface area contributed by atoms with Gasteiger partial charge in [0.05, 0.1) is 27.4 Å². The fraction of sp³-hybridized carbons (Fsp3) is 0.596. The summed E-state index contributed by atoms with van der Waals surface area (Å²) in [5.41, 5.74) is 0.0488. The summed E-state index contributed by atoms with van der Waals surface area (Å²) in [6, 6.07) is 11.4. The Hall–Kier alpha value is -4.39. The molecule has 6 heterocycles. The number of aromatic amines is 1. The first-order valence-electron chi connectivity index (χ1n) is 21.7. The second kappa shape index (κ2) is 13.6. The zero-order valence-electron chi connectivity index (χ0n) is 35.2. The van der Waals surface area contributed by atoms with Crippen LogP contribution in [-0.4, -0.2) is 123 Å². The number of esters is 3. The molecule has 1 aromatic heterocycles. The number of likely N-dealkylation sites (N-methyl/N-ethyl adjacent to an activating group) is 1. The minimum Gasteiger partial charge on any atom is -0.496 e. The summed E-state index contributed by atoms with van der Waals surface area (Å²) in [4.78, 5) is 53.8. The molecule has 2 bridgehead atoms. The van der Waals surface area contributed by atoms with Gasteiger partial charge in [0.25, 0.3) is 0 Å². The highest BCUT2D eigenvalue weighted by Crippen LogP contribution is 2.68. The Bertz CT molecular complexity index is 2270. The van der Waals surface area contributed by atoms with E-state index in [0.29, 0.717) is 49.9 Å². The Morgan fingerprint density at radius 2 is 1.75 bits per heavy atom. The average molecular weight is 807 g/mol. The van der Waals surface area contributed by atoms with Crippen LogP contribution in [0.2, 0.25) is 0 Å². The van der Waals surface area contributed by atoms with Gasteiger partial charge in [-0.2, -0.15) is 0 Å². The van der Waals surface area contributed by atoms with E-state index in [1.54, 1.807) is 7.11 Å². The van der Waals surface area contributed by atoms with Crippen molar-refractivity contribution >= 4 is 34.5 Å². The summed E-state index contributed by atoms with van der Waals surface area (Å²) in [5, 5.41) is 14.5. The van der Waals surface area contributed by atoms with E-state index in [1.807, 2.05) is 31.0 Å². The van der Waals surface area contributed by atoms with Gasteiger partial charge in [-0.15, -0.1) is 0 Å². The Kier molecular flexibility index (Phi) is 8.91. The second-order valence-electron chi connectivity index (χ2n) is 18.7. The fourth-order valence-corrected chi connectivity index (χ4v) is 14.6. The van der Waals surface area contributed by atoms with Crippen LogP contribution in [0.25, 0.3) is 10.9 Å². The lowest BCUT2D eigenvalue weighted by molar-refractivity contribution is -0.228. The monoisotopic (exact) mass is 806 g/mol. The third kappa shape index (κ3) is 4.91. The van der Waals surface area contributed by atoms with Gasteiger partial charge in [-0.05, 0) is 86.1 Å². The summed E-state index contributed by atoms with van der Waals surface area (Å²) in [6.07, 6.45) is 8.90. The lowest BCUT2D eigenvalue weighted by Crippen LogP contribution is -2.81. The van der Waals surface area contributed by atoms with Crippen molar-refractivity contribution < 1.29 is 38.4 Å². The molecule has 1 spiro atoms. The third-order valence-corrected chi connectivity index (χ3v) is 16.5. The largest absolute Gasteiger partial charge is 0.496 e. The maximum Gasteiger partial charge on any atom is 0.344 e. The molecule has 11 atom stereocenters. The van der Waals surface area contributed by atoms with Crippen molar-refractivity contribution in [2.45, 2.75) is 93.4 Å². The molecule has 2 N–H and O–H groups in total. The van der Waals surface area contributed by atoms with E-state index in [2.05, 4.69) is 51.2 Å². The molecule has 2 aromatic carbocycles. The predicted molar refractivity (Wildman–Crippen MR) is 221 cm³/mol. The quantitative estimate of drug-likeness (QED) is 0.201. The van der Waals surface area contributed by atoms with Crippen LogP contribution in [0.5, 0.6) is 5.75 Å². The lowest BCUT2D eigenvalue weighted by atomic mass is 9.47. The SMILES string of the molecule is CC[C@]12C=CCN3CC[C@@]4(c5cc([C@@]6(C(=O)OC)C[C@H]7CN(CCc8c6[nH]c6ccccc86)C[C@H]6CCC[C@H]67)c(OC)cc5N(C)[C@H]4[C@@](O)(C(=O)OC)[C@@H]1OC(C)=O)[C@@H]32. The van der Waals surface area contributed by atoms with Crippen molar-refractivity contribution in [2.75, 3.05) is 66.0 Å². The van der Waals surface area contributed by atoms with Gasteiger partial charge in [-0.3, -0.25) is 14.5 Å². The molecule has 5 aliphatic heterocycles. The van der Waals surface area contributed by atoms with Crippen LogP contribution >= 0.6 is 0 Å². The number of piperidine rings is 1. The van der Waals surface area contributed by atoms with E-state index in [9.17, 15) is 14.7 Å². The third-order valence-electron chi connectivity index (χ3n) is 16.5. The standard InChI is InChI=1S/C47H58N4O8/c1-7-44-17-11-19-51-21-18-45(39(44)51)33-22-34(37(56-4)23-36(33)49(3)40(45)47(55,43(54)58-6)41(44)59-27(2)52)46(42(53)57-5)24-29-26-50(25-28-12-10-14-30(28)29)20-16-32-31-13-8-9-15-35(31)48-38(32)46/h8-9,11,13,15,17,22-23,28-30,39-41,48,55H,7,10,12,14,16,18-21,24-26H2,1-6H3/t28-,29+,30-,39+,40-,41-,44-,45-,46+,47+/m1/s1. The number of hydrogen-bond acceptors (Lipinski definition) is 11. The molecule has 314 valence electrons. The summed E-state index contributed by atoms with van der Waals surface area (Å²) >= 11 is 0. The normalized spacial score (nSPS) is 37.9. The molecule has 12 heteroatoms. The van der Waals surface area contributed by atoms with Gasteiger partial charge in [-0.25, -0.2) is 4.79 Å². The summed E-state index contributed by atoms with van der Waals surface area (Å²) in [5.74, 6) is 0.0745. The van der Waals surface area contributed by atoms with Crippen LogP contribution in [0.15, 0.2) is 48.6 Å². The van der Waals surface area contributed by atoms with Gasteiger partial charge in [0.2, 0.25) is 5.60 Å². The van der Waals surface area contributed by atoms with Crippen LogP contribution in [0.4, 0.5) is 5.69 Å². The minimum atomic E-state index is -2.27. The molecular formula is C47H58N4O8. The lowest BCUT2D eigenvalue weighted by Gasteiger charge is -2.63. The number of benzene rings is 2. The van der Waals surface area contributed by atoms with Gasteiger partial charge in [-0.1, -0.05) is 43.7 Å². The Morgan fingerprint density at radius 3 is 2.49 bits per heavy atom. The summed E-state index contributed by atoms with van der Waals surface area (Å²) < 4.78 is 24.2. The Labute approximate surface area is 346 Å². The van der Waals surface area contributed by atoms with E-state index in [4.69, 9.17) is 18.9 Å². The van der Waals surface area contributed by atoms with E-state index in [0.717, 1.165) is 71.5 Å². The molecule has 3 aromatic rings. The minimum absolute atomic E-state index is 0.223. The highest BCUT2D eigenvalue weighted by molar-refractivity contribution is 5.95. The van der Waals surface area contributed by atoms with E-state index < -0.39 is 45.9 Å². The number of methoxy groups -OCH3 is 3. The molecule has 7 aliphatic rings. The molecule has 2 saturated carbocycles. The molecule has 10 rings (SSSR count). The smallest absolute Gasteiger partial charge is 0.344 e. The average Bonchev–Trinajstić information content (AvgIpc) is 4.03. The molecule has 4 fully saturated rings. The van der Waals surface area contributed by atoms with E-state index in [-0.39, 0.29) is 17.9 Å². The van der Waals surface area contributed by atoms with Crippen LogP contribution in [0.3, 0.4) is 0 Å². The first kappa shape index (κ1) is 38.8. The number of ether oxygens (including phenoxy) is 4. The zero-order chi connectivity index (χ0) is 41.2. The van der Waals surface area contributed by atoms with Crippen LogP contribution < -0.4 is 9.64 Å². The number of rotatable bonds is 6. The number of nitrogens with one attached hydrogen (secondary N) is 1. The number of para-hydroxylation sites is 1. The van der Waals surface area contributed by atoms with Crippen molar-refractivity contribution in [1.82, 2.24) is 14.8 Å². The van der Waals surface area contributed by atoms with Crippen LogP contribution in [-0.2, 0) is 45.8 Å². The Morgan fingerprint density at radius 1 is 0.966 bits per heavy atom. The maximum atomic E-state index is 15.4. The number of nitrogens with zero attached hydrogens (tertiary/aromatic N) is 3. The molecule has 59 heavy (non-hydrogen) atoms. The van der Waals surface area contributed by atoms with Crippen LogP contribution in [0, 0.1) is 23.2 Å². The predicted octanol–water partition coefficient (Wildman–Crippen LogP) is 4.88. The number of carbonyl (C=O) groups excluding carboxylic acids is 3. The molecule has 2 aliphatic carbocycles. The van der Waals surface area contributed by atoms with Gasteiger partial charge < -0.3 is 38.8 Å². The number of aromatic nitrogens is 1. The number of H-pyrrole nitrogens is 1. The number of carbonyl (C=O) groups is 3. The van der Waals surface area contributed by atoms with Gasteiger partial charge in [0, 0.05) is 90.9 Å². The highest BCUT2D eigenvalue weighted by Gasteiger charge is 2.80. The molecule has 0 radical (unpaired) electrons. The van der Waals surface area contributed by atoms with Crippen LogP contribution in [0.1, 0.15) is 74.8 Å². The number of hydrogen-bond donors (Lipinski definition) is 2. The number of fused-ring (bicyclic) bond motifs is 8. The molecule has 0 amide bonds. The van der Waals surface area contributed by atoms with Crippen molar-refractivity contribution in [3.8, 4) is 5.75 Å². The van der Waals surface area contributed by atoms with Crippen molar-refractivity contribution in [1.29, 1.82) is 0 Å². The maximum absolute atomic E-state index is 15.4. The number of anilines is 1.